The van der Waals surface area contributed by atoms with Crippen molar-refractivity contribution in [2.45, 2.75) is 45.1 Å². The number of nitrogens with one attached hydrogen (secondary N) is 1. The van der Waals surface area contributed by atoms with E-state index in [4.69, 9.17) is 0 Å². The van der Waals surface area contributed by atoms with Crippen molar-refractivity contribution in [3.63, 3.8) is 0 Å². The molecule has 1 heterocycles. The van der Waals surface area contributed by atoms with Crippen LogP contribution in [0.2, 0.25) is 0 Å². The van der Waals surface area contributed by atoms with E-state index in [-0.39, 0.29) is 0 Å². The molecule has 0 bridgehead atoms. The van der Waals surface area contributed by atoms with Gasteiger partial charge in [0.15, 0.2) is 0 Å². The number of hydrogen-bond acceptors (Lipinski definition) is 1. The molecule has 1 saturated heterocycles. The quantitative estimate of drug-likeness (QED) is 0.630. The van der Waals surface area contributed by atoms with Crippen LogP contribution >= 0.6 is 0 Å². The predicted octanol–water partition coefficient (Wildman–Crippen LogP) is 1.93. The molecule has 0 aromatic rings. The fourth-order valence-electron chi connectivity index (χ4n) is 1.58. The van der Waals surface area contributed by atoms with Gasteiger partial charge in [-0.05, 0) is 44.1 Å². The molecule has 0 radical (unpaired) electrons. The lowest BCUT2D eigenvalue weighted by Crippen LogP contribution is -2.42. The van der Waals surface area contributed by atoms with Gasteiger partial charge in [-0.1, -0.05) is 6.92 Å². The highest BCUT2D eigenvalue weighted by molar-refractivity contribution is 4.90. The van der Waals surface area contributed by atoms with Gasteiger partial charge in [0.1, 0.15) is 0 Å². The highest BCUT2D eigenvalue weighted by Crippen LogP contribution is 2.49. The van der Waals surface area contributed by atoms with Crippen LogP contribution in [0.5, 0.6) is 0 Å². The summed E-state index contributed by atoms with van der Waals surface area (Å²) in [6.07, 6.45) is 7.29. The average molecular weight is 139 g/mol. The van der Waals surface area contributed by atoms with Gasteiger partial charge in [0.25, 0.3) is 0 Å². The Labute approximate surface area is 63.2 Å². The van der Waals surface area contributed by atoms with Crippen LogP contribution in [0.25, 0.3) is 0 Å². The molecule has 1 unspecified atom stereocenters. The first-order valence-electron chi connectivity index (χ1n) is 4.52. The predicted molar refractivity (Wildman–Crippen MR) is 43.0 cm³/mol. The van der Waals surface area contributed by atoms with Gasteiger partial charge in [0.05, 0.1) is 0 Å². The molecule has 1 atom stereocenters. The van der Waals surface area contributed by atoms with E-state index in [0.717, 1.165) is 11.5 Å². The zero-order valence-electron chi connectivity index (χ0n) is 6.82. The third-order valence-electron chi connectivity index (χ3n) is 3.13. The van der Waals surface area contributed by atoms with Gasteiger partial charge < -0.3 is 5.32 Å². The second-order valence-electron chi connectivity index (χ2n) is 4.29. The summed E-state index contributed by atoms with van der Waals surface area (Å²) >= 11 is 0. The normalized spacial score (nSPS) is 35.1. The van der Waals surface area contributed by atoms with Crippen molar-refractivity contribution in [1.29, 1.82) is 0 Å². The molecule has 1 aliphatic heterocycles. The first-order chi connectivity index (χ1) is 4.79. The van der Waals surface area contributed by atoms with Crippen molar-refractivity contribution in [3.05, 3.63) is 0 Å². The van der Waals surface area contributed by atoms with Crippen LogP contribution in [0, 0.1) is 5.41 Å². The van der Waals surface area contributed by atoms with Gasteiger partial charge in [0, 0.05) is 6.04 Å². The Morgan fingerprint density at radius 3 is 2.60 bits per heavy atom. The smallest absolute Gasteiger partial charge is 0.00793 e. The molecule has 0 aromatic carbocycles. The van der Waals surface area contributed by atoms with Gasteiger partial charge >= 0.3 is 0 Å². The first-order valence-corrected chi connectivity index (χ1v) is 4.52. The van der Waals surface area contributed by atoms with Gasteiger partial charge in [-0.3, -0.25) is 0 Å². The summed E-state index contributed by atoms with van der Waals surface area (Å²) < 4.78 is 0. The summed E-state index contributed by atoms with van der Waals surface area (Å²) in [6.45, 7) is 3.69. The van der Waals surface area contributed by atoms with Crippen LogP contribution in [0.3, 0.4) is 0 Å². The standard InChI is InChI=1S/C9H17N/c1-9(5-6-9)4-2-8-3-7-10-8/h8,10H,2-7H2,1H3. The molecule has 58 valence electrons. The van der Waals surface area contributed by atoms with E-state index in [9.17, 15) is 0 Å². The molecule has 0 spiro atoms. The van der Waals surface area contributed by atoms with E-state index < -0.39 is 0 Å². The third kappa shape index (κ3) is 1.34. The maximum atomic E-state index is 3.45. The molecule has 1 N–H and O–H groups in total. The Morgan fingerprint density at radius 1 is 1.50 bits per heavy atom. The van der Waals surface area contributed by atoms with Crippen LogP contribution in [0.1, 0.15) is 39.0 Å². The van der Waals surface area contributed by atoms with Gasteiger partial charge in [-0.25, -0.2) is 0 Å². The Bertz CT molecular complexity index is 123. The van der Waals surface area contributed by atoms with Crippen LogP contribution in [0.15, 0.2) is 0 Å². The Hall–Kier alpha value is -0.0400. The van der Waals surface area contributed by atoms with Crippen molar-refractivity contribution >= 4 is 0 Å². The van der Waals surface area contributed by atoms with Gasteiger partial charge in [0.2, 0.25) is 0 Å². The van der Waals surface area contributed by atoms with Gasteiger partial charge in [-0.2, -0.15) is 0 Å². The number of hydrogen-bond donors (Lipinski definition) is 1. The Kier molecular flexibility index (Phi) is 1.48. The SMILES string of the molecule is CC1(CCC2CCN2)CC1. The molecule has 2 fully saturated rings. The van der Waals surface area contributed by atoms with Crippen molar-refractivity contribution in [2.75, 3.05) is 6.54 Å². The van der Waals surface area contributed by atoms with Crippen molar-refractivity contribution < 1.29 is 0 Å². The minimum absolute atomic E-state index is 0.775. The van der Waals surface area contributed by atoms with E-state index in [1.54, 1.807) is 0 Å². The van der Waals surface area contributed by atoms with Crippen molar-refractivity contribution in [2.24, 2.45) is 5.41 Å². The average Bonchev–Trinajstić information content (AvgIpc) is 2.44. The fraction of sp³-hybridized carbons (Fsp3) is 1.00. The molecule has 1 nitrogen and oxygen atoms in total. The van der Waals surface area contributed by atoms with E-state index in [2.05, 4.69) is 12.2 Å². The topological polar surface area (TPSA) is 12.0 Å². The van der Waals surface area contributed by atoms with Crippen LogP contribution < -0.4 is 5.32 Å². The maximum absolute atomic E-state index is 3.45. The van der Waals surface area contributed by atoms with Crippen LogP contribution in [-0.4, -0.2) is 12.6 Å². The van der Waals surface area contributed by atoms with Crippen LogP contribution in [-0.2, 0) is 0 Å². The summed E-state index contributed by atoms with van der Waals surface area (Å²) in [5.74, 6) is 0. The summed E-state index contributed by atoms with van der Waals surface area (Å²) in [5, 5.41) is 3.45. The van der Waals surface area contributed by atoms with Crippen molar-refractivity contribution in [1.82, 2.24) is 5.32 Å². The minimum atomic E-state index is 0.775. The molecule has 2 rings (SSSR count). The summed E-state index contributed by atoms with van der Waals surface area (Å²) in [6, 6.07) is 0.887. The molecule has 1 aliphatic carbocycles. The van der Waals surface area contributed by atoms with E-state index in [0.29, 0.717) is 0 Å². The Balaban J connectivity index is 1.63. The monoisotopic (exact) mass is 139 g/mol. The van der Waals surface area contributed by atoms with Crippen LogP contribution in [0.4, 0.5) is 0 Å². The lowest BCUT2D eigenvalue weighted by Gasteiger charge is -2.28. The minimum Gasteiger partial charge on any atom is -0.314 e. The largest absolute Gasteiger partial charge is 0.314 e. The Morgan fingerprint density at radius 2 is 2.20 bits per heavy atom. The first kappa shape index (κ1) is 6.66. The molecule has 1 heteroatoms. The molecule has 0 amide bonds. The molecular formula is C9H17N. The zero-order chi connectivity index (χ0) is 7.03. The summed E-state index contributed by atoms with van der Waals surface area (Å²) in [7, 11) is 0. The molecule has 1 saturated carbocycles. The highest BCUT2D eigenvalue weighted by atomic mass is 15.0. The summed E-state index contributed by atoms with van der Waals surface area (Å²) in [5.41, 5.74) is 0.775. The second-order valence-corrected chi connectivity index (χ2v) is 4.29. The third-order valence-corrected chi connectivity index (χ3v) is 3.13. The molecule has 10 heavy (non-hydrogen) atoms. The fourth-order valence-corrected chi connectivity index (χ4v) is 1.58. The lowest BCUT2D eigenvalue weighted by molar-refractivity contribution is 0.317. The molecule has 2 aliphatic rings. The lowest BCUT2D eigenvalue weighted by atomic mass is 9.94. The zero-order valence-corrected chi connectivity index (χ0v) is 6.82. The highest BCUT2D eigenvalue weighted by Gasteiger charge is 2.37. The van der Waals surface area contributed by atoms with E-state index in [1.807, 2.05) is 0 Å². The maximum Gasteiger partial charge on any atom is 0.00793 e. The molecule has 0 aromatic heterocycles. The molecular weight excluding hydrogens is 122 g/mol. The number of rotatable bonds is 3. The summed E-state index contributed by atoms with van der Waals surface area (Å²) in [4.78, 5) is 0. The van der Waals surface area contributed by atoms with E-state index in [1.165, 1.54) is 38.6 Å². The van der Waals surface area contributed by atoms with E-state index >= 15 is 0 Å². The van der Waals surface area contributed by atoms with Crippen molar-refractivity contribution in [3.8, 4) is 0 Å². The second kappa shape index (κ2) is 2.23. The van der Waals surface area contributed by atoms with Gasteiger partial charge in [-0.15, -0.1) is 0 Å².